The molecule has 0 unspecified atom stereocenters. The Morgan fingerprint density at radius 1 is 1.17 bits per heavy atom. The van der Waals surface area contributed by atoms with Crippen LogP contribution in [0.15, 0.2) is 0 Å². The van der Waals surface area contributed by atoms with E-state index in [2.05, 4.69) is 34.1 Å². The van der Waals surface area contributed by atoms with E-state index in [1.165, 1.54) is 0 Å². The number of hydrogen-bond acceptors (Lipinski definition) is 6. The number of methoxy groups -OCH3 is 1. The van der Waals surface area contributed by atoms with Crippen LogP contribution < -0.4 is 15.0 Å². The lowest BCUT2D eigenvalue weighted by molar-refractivity contribution is 0.379. The first-order chi connectivity index (χ1) is 8.71. The Labute approximate surface area is 109 Å². The first kappa shape index (κ1) is 14.5. The molecular weight excluding hydrogens is 230 g/mol. The van der Waals surface area contributed by atoms with Crippen molar-refractivity contribution in [1.29, 1.82) is 0 Å². The molecule has 0 aliphatic carbocycles. The Morgan fingerprint density at radius 3 is 2.56 bits per heavy atom. The summed E-state index contributed by atoms with van der Waals surface area (Å²) in [5.41, 5.74) is 0. The molecule has 0 bridgehead atoms. The molecule has 1 heterocycles. The van der Waals surface area contributed by atoms with E-state index in [1.807, 2.05) is 11.9 Å². The van der Waals surface area contributed by atoms with E-state index in [4.69, 9.17) is 4.74 Å². The molecule has 18 heavy (non-hydrogen) atoms. The SMILES string of the molecule is CCCCN(C)c1nc(NCCC)nc(OC)n1. The van der Waals surface area contributed by atoms with Crippen molar-refractivity contribution in [3.05, 3.63) is 0 Å². The van der Waals surface area contributed by atoms with Gasteiger partial charge in [-0.1, -0.05) is 20.3 Å². The second kappa shape index (κ2) is 7.68. The lowest BCUT2D eigenvalue weighted by atomic mass is 10.3. The molecule has 0 saturated heterocycles. The predicted molar refractivity (Wildman–Crippen MR) is 73.3 cm³/mol. The summed E-state index contributed by atoms with van der Waals surface area (Å²) in [5.74, 6) is 1.22. The number of nitrogens with zero attached hydrogens (tertiary/aromatic N) is 4. The van der Waals surface area contributed by atoms with Gasteiger partial charge < -0.3 is 15.0 Å². The smallest absolute Gasteiger partial charge is 0.322 e. The van der Waals surface area contributed by atoms with Crippen LogP contribution >= 0.6 is 0 Å². The number of ether oxygens (including phenoxy) is 1. The van der Waals surface area contributed by atoms with Gasteiger partial charge in [0.1, 0.15) is 0 Å². The Morgan fingerprint density at radius 2 is 1.94 bits per heavy atom. The maximum atomic E-state index is 5.10. The van der Waals surface area contributed by atoms with Crippen molar-refractivity contribution in [1.82, 2.24) is 15.0 Å². The largest absolute Gasteiger partial charge is 0.467 e. The summed E-state index contributed by atoms with van der Waals surface area (Å²) in [6.07, 6.45) is 3.28. The summed E-state index contributed by atoms with van der Waals surface area (Å²) in [6.45, 7) is 6.03. The van der Waals surface area contributed by atoms with Gasteiger partial charge in [0.25, 0.3) is 0 Å². The Kier molecular flexibility index (Phi) is 6.18. The molecule has 0 amide bonds. The van der Waals surface area contributed by atoms with Crippen molar-refractivity contribution in [2.24, 2.45) is 0 Å². The zero-order chi connectivity index (χ0) is 13.4. The van der Waals surface area contributed by atoms with E-state index >= 15 is 0 Å². The minimum atomic E-state index is 0.349. The number of unbranched alkanes of at least 4 members (excludes halogenated alkanes) is 1. The Bertz CT molecular complexity index is 358. The maximum Gasteiger partial charge on any atom is 0.322 e. The van der Waals surface area contributed by atoms with E-state index in [9.17, 15) is 0 Å². The first-order valence-corrected chi connectivity index (χ1v) is 6.46. The fraction of sp³-hybridized carbons (Fsp3) is 0.750. The van der Waals surface area contributed by atoms with E-state index < -0.39 is 0 Å². The van der Waals surface area contributed by atoms with Crippen molar-refractivity contribution in [2.75, 3.05) is 37.5 Å². The Hall–Kier alpha value is -1.59. The summed E-state index contributed by atoms with van der Waals surface area (Å²) < 4.78 is 5.10. The lowest BCUT2D eigenvalue weighted by Gasteiger charge is -2.17. The van der Waals surface area contributed by atoms with Gasteiger partial charge in [-0.05, 0) is 12.8 Å². The molecule has 102 valence electrons. The fourth-order valence-electron chi connectivity index (χ4n) is 1.42. The van der Waals surface area contributed by atoms with Gasteiger partial charge in [-0.15, -0.1) is 0 Å². The topological polar surface area (TPSA) is 63.2 Å². The molecule has 0 fully saturated rings. The van der Waals surface area contributed by atoms with E-state index in [1.54, 1.807) is 7.11 Å². The molecule has 1 aromatic rings. The third-order valence-corrected chi connectivity index (χ3v) is 2.51. The second-order valence-electron chi connectivity index (χ2n) is 4.15. The van der Waals surface area contributed by atoms with Crippen LogP contribution in [-0.2, 0) is 0 Å². The summed E-state index contributed by atoms with van der Waals surface area (Å²) in [4.78, 5) is 14.8. The van der Waals surface area contributed by atoms with Crippen LogP contribution in [-0.4, -0.2) is 42.2 Å². The van der Waals surface area contributed by atoms with Crippen LogP contribution in [0.2, 0.25) is 0 Å². The molecule has 0 aliphatic heterocycles. The Balaban J connectivity index is 2.81. The van der Waals surface area contributed by atoms with E-state index in [0.717, 1.165) is 32.4 Å². The second-order valence-corrected chi connectivity index (χ2v) is 4.15. The predicted octanol–water partition coefficient (Wildman–Crippen LogP) is 1.94. The van der Waals surface area contributed by atoms with Gasteiger partial charge in [0.05, 0.1) is 7.11 Å². The summed E-state index contributed by atoms with van der Waals surface area (Å²) >= 11 is 0. The molecule has 6 heteroatoms. The molecule has 0 aliphatic rings. The van der Waals surface area contributed by atoms with E-state index in [-0.39, 0.29) is 0 Å². The van der Waals surface area contributed by atoms with Crippen LogP contribution in [0, 0.1) is 0 Å². The van der Waals surface area contributed by atoms with Gasteiger partial charge in [0, 0.05) is 20.1 Å². The molecule has 0 aromatic carbocycles. The van der Waals surface area contributed by atoms with Gasteiger partial charge in [-0.25, -0.2) is 0 Å². The molecule has 0 atom stereocenters. The molecule has 0 radical (unpaired) electrons. The molecule has 1 N–H and O–H groups in total. The average molecular weight is 253 g/mol. The van der Waals surface area contributed by atoms with E-state index in [0.29, 0.717) is 17.9 Å². The minimum Gasteiger partial charge on any atom is -0.467 e. The summed E-state index contributed by atoms with van der Waals surface area (Å²) in [7, 11) is 3.54. The quantitative estimate of drug-likeness (QED) is 0.764. The zero-order valence-corrected chi connectivity index (χ0v) is 11.7. The summed E-state index contributed by atoms with van der Waals surface area (Å²) in [5, 5.41) is 3.15. The normalized spacial score (nSPS) is 10.2. The summed E-state index contributed by atoms with van der Waals surface area (Å²) in [6, 6.07) is 0.349. The number of rotatable bonds is 8. The maximum absolute atomic E-state index is 5.10. The van der Waals surface area contributed by atoms with Gasteiger partial charge in [-0.2, -0.15) is 15.0 Å². The highest BCUT2D eigenvalue weighted by molar-refractivity contribution is 5.37. The van der Waals surface area contributed by atoms with Crippen molar-refractivity contribution in [2.45, 2.75) is 33.1 Å². The average Bonchev–Trinajstić information content (AvgIpc) is 2.41. The third-order valence-electron chi connectivity index (χ3n) is 2.51. The highest BCUT2D eigenvalue weighted by Gasteiger charge is 2.09. The molecule has 0 saturated carbocycles. The van der Waals surface area contributed by atoms with Gasteiger partial charge >= 0.3 is 6.01 Å². The van der Waals surface area contributed by atoms with Gasteiger partial charge in [0.15, 0.2) is 0 Å². The number of anilines is 2. The number of hydrogen-bond donors (Lipinski definition) is 1. The van der Waals surface area contributed by atoms with Crippen LogP contribution in [0.3, 0.4) is 0 Å². The van der Waals surface area contributed by atoms with Crippen LogP contribution in [0.5, 0.6) is 6.01 Å². The van der Waals surface area contributed by atoms with Crippen LogP contribution in [0.1, 0.15) is 33.1 Å². The number of nitrogens with one attached hydrogen (secondary N) is 1. The monoisotopic (exact) mass is 253 g/mol. The highest BCUT2D eigenvalue weighted by Crippen LogP contribution is 2.14. The molecule has 6 nitrogen and oxygen atoms in total. The van der Waals surface area contributed by atoms with Crippen molar-refractivity contribution in [3.8, 4) is 6.01 Å². The first-order valence-electron chi connectivity index (χ1n) is 6.46. The van der Waals surface area contributed by atoms with Crippen LogP contribution in [0.25, 0.3) is 0 Å². The number of aromatic nitrogens is 3. The van der Waals surface area contributed by atoms with Crippen LogP contribution in [0.4, 0.5) is 11.9 Å². The third kappa shape index (κ3) is 4.35. The lowest BCUT2D eigenvalue weighted by Crippen LogP contribution is -2.22. The zero-order valence-electron chi connectivity index (χ0n) is 11.7. The van der Waals surface area contributed by atoms with Crippen molar-refractivity contribution < 1.29 is 4.74 Å². The molecule has 0 spiro atoms. The standard InChI is InChI=1S/C12H23N5O/c1-5-7-9-17(3)11-14-10(13-8-6-2)15-12(16-11)18-4/h5-9H2,1-4H3,(H,13,14,15,16). The van der Waals surface area contributed by atoms with Gasteiger partial charge in [0.2, 0.25) is 11.9 Å². The molecule has 1 rings (SSSR count). The molecular formula is C12H23N5O. The van der Waals surface area contributed by atoms with Gasteiger partial charge in [-0.3, -0.25) is 0 Å². The van der Waals surface area contributed by atoms with Crippen molar-refractivity contribution in [3.63, 3.8) is 0 Å². The minimum absolute atomic E-state index is 0.349. The molecule has 1 aromatic heterocycles. The van der Waals surface area contributed by atoms with Crippen molar-refractivity contribution >= 4 is 11.9 Å². The fourth-order valence-corrected chi connectivity index (χ4v) is 1.42. The highest BCUT2D eigenvalue weighted by atomic mass is 16.5.